The minimum absolute atomic E-state index is 0.204. The van der Waals surface area contributed by atoms with Gasteiger partial charge in [-0.05, 0) is 45.2 Å². The third-order valence-electron chi connectivity index (χ3n) is 4.15. The lowest BCUT2D eigenvalue weighted by Gasteiger charge is -2.35. The second-order valence-corrected chi connectivity index (χ2v) is 8.17. The van der Waals surface area contributed by atoms with Crippen molar-refractivity contribution in [3.05, 3.63) is 17.8 Å². The molecule has 0 aliphatic carbocycles. The Morgan fingerprint density at radius 1 is 1.15 bits per heavy atom. The third-order valence-corrected chi connectivity index (χ3v) is 4.15. The smallest absolute Gasteiger partial charge is 0.410 e. The lowest BCUT2D eigenvalue weighted by Crippen LogP contribution is -2.50. The van der Waals surface area contributed by atoms with Crippen LogP contribution < -0.4 is 10.2 Å². The number of amides is 2. The molecule has 0 atom stereocenters. The Hall–Kier alpha value is -2.38. The van der Waals surface area contributed by atoms with Gasteiger partial charge in [-0.2, -0.15) is 0 Å². The monoisotopic (exact) mass is 377 g/mol. The fraction of sp³-hybridized carbons (Fsp3) is 0.684. The lowest BCUT2D eigenvalue weighted by molar-refractivity contribution is 0.0240. The molecule has 1 aliphatic rings. The van der Waals surface area contributed by atoms with Gasteiger partial charge in [0.05, 0.1) is 0 Å². The standard InChI is InChI=1S/C19H31N5O3/c1-14(2)8-9-20-17(25)15-6-7-16(22-21-15)23-10-12-24(13-11-23)18(26)27-19(3,4)5/h6-7,14H,8-13H2,1-5H3,(H,20,25). The van der Waals surface area contributed by atoms with E-state index in [0.29, 0.717) is 50.2 Å². The second kappa shape index (κ2) is 9.01. The van der Waals surface area contributed by atoms with Crippen LogP contribution in [0.25, 0.3) is 0 Å². The molecule has 0 aromatic carbocycles. The number of nitrogens with one attached hydrogen (secondary N) is 1. The Morgan fingerprint density at radius 3 is 2.33 bits per heavy atom. The van der Waals surface area contributed by atoms with E-state index in [1.54, 1.807) is 17.0 Å². The maximum atomic E-state index is 12.1. The summed E-state index contributed by atoms with van der Waals surface area (Å²) in [4.78, 5) is 27.9. The molecule has 150 valence electrons. The molecule has 0 radical (unpaired) electrons. The number of nitrogens with zero attached hydrogens (tertiary/aromatic N) is 4. The first-order valence-electron chi connectivity index (χ1n) is 9.50. The Balaban J connectivity index is 1.84. The highest BCUT2D eigenvalue weighted by molar-refractivity contribution is 5.92. The van der Waals surface area contributed by atoms with Crippen LogP contribution >= 0.6 is 0 Å². The van der Waals surface area contributed by atoms with E-state index in [1.807, 2.05) is 25.7 Å². The highest BCUT2D eigenvalue weighted by Crippen LogP contribution is 2.15. The van der Waals surface area contributed by atoms with Gasteiger partial charge in [-0.15, -0.1) is 10.2 Å². The Bertz CT molecular complexity index is 632. The predicted molar refractivity (Wildman–Crippen MR) is 104 cm³/mol. The van der Waals surface area contributed by atoms with Crippen LogP contribution in [0.4, 0.5) is 10.6 Å². The number of aromatic nitrogens is 2. The average Bonchev–Trinajstić information content (AvgIpc) is 2.60. The molecule has 1 saturated heterocycles. The van der Waals surface area contributed by atoms with Gasteiger partial charge < -0.3 is 19.9 Å². The van der Waals surface area contributed by atoms with Crippen molar-refractivity contribution >= 4 is 17.8 Å². The van der Waals surface area contributed by atoms with Crippen molar-refractivity contribution in [3.63, 3.8) is 0 Å². The van der Waals surface area contributed by atoms with Crippen LogP contribution in [-0.2, 0) is 4.74 Å². The number of hydrogen-bond donors (Lipinski definition) is 1. The van der Waals surface area contributed by atoms with Gasteiger partial charge in [0.2, 0.25) is 0 Å². The van der Waals surface area contributed by atoms with Gasteiger partial charge in [0, 0.05) is 32.7 Å². The van der Waals surface area contributed by atoms with Crippen molar-refractivity contribution < 1.29 is 14.3 Å². The van der Waals surface area contributed by atoms with Crippen LogP contribution in [0.15, 0.2) is 12.1 Å². The predicted octanol–water partition coefficient (Wildman–Crippen LogP) is 2.31. The molecule has 0 saturated carbocycles. The number of carbonyl (C=O) groups is 2. The zero-order chi connectivity index (χ0) is 20.0. The van der Waals surface area contributed by atoms with Crippen molar-refractivity contribution in [2.24, 2.45) is 5.92 Å². The highest BCUT2D eigenvalue weighted by atomic mass is 16.6. The van der Waals surface area contributed by atoms with Crippen molar-refractivity contribution in [2.75, 3.05) is 37.6 Å². The summed E-state index contributed by atoms with van der Waals surface area (Å²) in [7, 11) is 0. The molecule has 27 heavy (non-hydrogen) atoms. The minimum Gasteiger partial charge on any atom is -0.444 e. The minimum atomic E-state index is -0.495. The molecule has 0 unspecified atom stereocenters. The molecule has 2 rings (SSSR count). The Morgan fingerprint density at radius 2 is 1.81 bits per heavy atom. The molecular weight excluding hydrogens is 346 g/mol. The van der Waals surface area contributed by atoms with Gasteiger partial charge >= 0.3 is 6.09 Å². The van der Waals surface area contributed by atoms with Crippen LogP contribution in [0.3, 0.4) is 0 Å². The molecule has 1 N–H and O–H groups in total. The van der Waals surface area contributed by atoms with E-state index in [9.17, 15) is 9.59 Å². The van der Waals surface area contributed by atoms with E-state index >= 15 is 0 Å². The maximum Gasteiger partial charge on any atom is 0.410 e. The number of hydrogen-bond acceptors (Lipinski definition) is 6. The molecular formula is C19H31N5O3. The largest absolute Gasteiger partial charge is 0.444 e. The number of rotatable bonds is 5. The Kier molecular flexibility index (Phi) is 6.98. The summed E-state index contributed by atoms with van der Waals surface area (Å²) in [6.07, 6.45) is 0.640. The number of carbonyl (C=O) groups excluding carboxylic acids is 2. The third kappa shape index (κ3) is 6.69. The van der Waals surface area contributed by atoms with Crippen LogP contribution in [0, 0.1) is 5.92 Å². The molecule has 1 aromatic rings. The number of ether oxygens (including phenoxy) is 1. The number of piperazine rings is 1. The van der Waals surface area contributed by atoms with Crippen molar-refractivity contribution in [1.82, 2.24) is 20.4 Å². The van der Waals surface area contributed by atoms with Gasteiger partial charge in [0.1, 0.15) is 5.60 Å². The van der Waals surface area contributed by atoms with E-state index in [4.69, 9.17) is 4.74 Å². The van der Waals surface area contributed by atoms with E-state index in [1.165, 1.54) is 0 Å². The molecule has 1 aromatic heterocycles. The van der Waals surface area contributed by atoms with Crippen LogP contribution in [0.1, 0.15) is 51.5 Å². The molecule has 2 heterocycles. The van der Waals surface area contributed by atoms with Gasteiger partial charge in [-0.1, -0.05) is 13.8 Å². The molecule has 1 fully saturated rings. The second-order valence-electron chi connectivity index (χ2n) is 8.17. The van der Waals surface area contributed by atoms with Crippen LogP contribution in [-0.4, -0.2) is 65.4 Å². The van der Waals surface area contributed by atoms with Crippen molar-refractivity contribution in [3.8, 4) is 0 Å². The normalized spacial score (nSPS) is 15.0. The van der Waals surface area contributed by atoms with Gasteiger partial charge in [-0.3, -0.25) is 4.79 Å². The van der Waals surface area contributed by atoms with Crippen molar-refractivity contribution in [2.45, 2.75) is 46.6 Å². The molecule has 8 nitrogen and oxygen atoms in total. The first kappa shape index (κ1) is 20.9. The average molecular weight is 377 g/mol. The molecule has 8 heteroatoms. The van der Waals surface area contributed by atoms with Crippen molar-refractivity contribution in [1.29, 1.82) is 0 Å². The quantitative estimate of drug-likeness (QED) is 0.847. The van der Waals surface area contributed by atoms with E-state index in [2.05, 4.69) is 29.4 Å². The summed E-state index contributed by atoms with van der Waals surface area (Å²) in [5.41, 5.74) is -0.180. The maximum absolute atomic E-state index is 12.1. The summed E-state index contributed by atoms with van der Waals surface area (Å²) < 4.78 is 5.40. The first-order chi connectivity index (χ1) is 12.7. The summed E-state index contributed by atoms with van der Waals surface area (Å²) in [5, 5.41) is 11.1. The van der Waals surface area contributed by atoms with E-state index in [0.717, 1.165) is 6.42 Å². The SMILES string of the molecule is CC(C)CCNC(=O)c1ccc(N2CCN(C(=O)OC(C)(C)C)CC2)nn1. The van der Waals surface area contributed by atoms with E-state index < -0.39 is 5.60 Å². The highest BCUT2D eigenvalue weighted by Gasteiger charge is 2.26. The van der Waals surface area contributed by atoms with E-state index in [-0.39, 0.29) is 12.0 Å². The molecule has 2 amide bonds. The molecule has 0 spiro atoms. The molecule has 0 bridgehead atoms. The fourth-order valence-corrected chi connectivity index (χ4v) is 2.62. The van der Waals surface area contributed by atoms with Crippen LogP contribution in [0.2, 0.25) is 0 Å². The van der Waals surface area contributed by atoms with Gasteiger partial charge in [0.15, 0.2) is 11.5 Å². The zero-order valence-corrected chi connectivity index (χ0v) is 17.0. The Labute approximate surface area is 161 Å². The first-order valence-corrected chi connectivity index (χ1v) is 9.50. The zero-order valence-electron chi connectivity index (χ0n) is 17.0. The summed E-state index contributed by atoms with van der Waals surface area (Å²) >= 11 is 0. The van der Waals surface area contributed by atoms with Gasteiger partial charge in [0.25, 0.3) is 5.91 Å². The lowest BCUT2D eigenvalue weighted by atomic mass is 10.1. The van der Waals surface area contributed by atoms with Crippen LogP contribution in [0.5, 0.6) is 0 Å². The topological polar surface area (TPSA) is 87.7 Å². The van der Waals surface area contributed by atoms with Gasteiger partial charge in [-0.25, -0.2) is 4.79 Å². The fourth-order valence-electron chi connectivity index (χ4n) is 2.62. The summed E-state index contributed by atoms with van der Waals surface area (Å²) in [5.74, 6) is 1.04. The number of anilines is 1. The summed E-state index contributed by atoms with van der Waals surface area (Å²) in [6, 6.07) is 3.49. The molecule has 1 aliphatic heterocycles. The summed E-state index contributed by atoms with van der Waals surface area (Å²) in [6.45, 7) is 12.9.